The molecule has 1 aliphatic rings. The number of carbonyl (C=O) groups excluding carboxylic acids is 1. The number of aromatic nitrogens is 2. The molecule has 0 spiro atoms. The first-order chi connectivity index (χ1) is 13.0. The Morgan fingerprint density at radius 3 is 2.44 bits per heavy atom. The number of fused-ring (bicyclic) bond motifs is 1. The minimum absolute atomic E-state index is 0.107. The van der Waals surface area contributed by atoms with Gasteiger partial charge in [0.2, 0.25) is 0 Å². The van der Waals surface area contributed by atoms with Crippen LogP contribution in [0.1, 0.15) is 10.5 Å². The highest BCUT2D eigenvalue weighted by Gasteiger charge is 2.26. The molecule has 7 heteroatoms. The molecule has 0 atom stereocenters. The minimum atomic E-state index is -0.248. The maximum absolute atomic E-state index is 14.0. The van der Waals surface area contributed by atoms with Gasteiger partial charge in [0.15, 0.2) is 0 Å². The minimum Gasteiger partial charge on any atom is -0.366 e. The Hall–Kier alpha value is -3.09. The smallest absolute Gasteiger partial charge is 0.270 e. The topological polar surface area (TPSA) is 50.5 Å². The van der Waals surface area contributed by atoms with Crippen LogP contribution >= 0.6 is 0 Å². The van der Waals surface area contributed by atoms with Gasteiger partial charge in [-0.3, -0.25) is 9.59 Å². The van der Waals surface area contributed by atoms with Gasteiger partial charge in [0, 0.05) is 46.5 Å². The number of nitrogens with zero attached hydrogens (tertiary/aromatic N) is 4. The van der Waals surface area contributed by atoms with Gasteiger partial charge in [-0.2, -0.15) is 0 Å². The van der Waals surface area contributed by atoms with Crippen LogP contribution in [-0.2, 0) is 14.1 Å². The first-order valence-corrected chi connectivity index (χ1v) is 8.91. The van der Waals surface area contributed by atoms with Crippen LogP contribution in [0, 0.1) is 5.82 Å². The molecule has 0 bridgehead atoms. The van der Waals surface area contributed by atoms with E-state index in [0.29, 0.717) is 42.9 Å². The van der Waals surface area contributed by atoms with E-state index >= 15 is 0 Å². The number of para-hydroxylation sites is 1. The highest BCUT2D eigenvalue weighted by Crippen LogP contribution is 2.22. The normalized spacial score (nSPS) is 14.8. The SMILES string of the molecule is Cn1ccc2c(cc(C(=O)N3CCN(c4ccccc4F)CC3)n2C)c1=O. The highest BCUT2D eigenvalue weighted by atomic mass is 19.1. The number of hydrogen-bond acceptors (Lipinski definition) is 3. The number of amides is 1. The second-order valence-electron chi connectivity index (χ2n) is 6.85. The Bertz CT molecular complexity index is 1080. The Morgan fingerprint density at radius 2 is 1.74 bits per heavy atom. The number of hydrogen-bond donors (Lipinski definition) is 0. The van der Waals surface area contributed by atoms with Crippen LogP contribution in [0.2, 0.25) is 0 Å². The number of anilines is 1. The van der Waals surface area contributed by atoms with Gasteiger partial charge in [0.1, 0.15) is 11.5 Å². The van der Waals surface area contributed by atoms with Gasteiger partial charge in [-0.1, -0.05) is 12.1 Å². The summed E-state index contributed by atoms with van der Waals surface area (Å²) < 4.78 is 17.2. The molecular formula is C20H21FN4O2. The Kier molecular flexibility index (Phi) is 4.22. The lowest BCUT2D eigenvalue weighted by Crippen LogP contribution is -2.49. The molecule has 0 radical (unpaired) electrons. The standard InChI is InChI=1S/C20H21FN4O2/c1-22-8-7-16-14(19(22)26)13-18(23(16)2)20(27)25-11-9-24(10-12-25)17-6-4-3-5-15(17)21/h3-8,13H,9-12H2,1-2H3. The van der Waals surface area contributed by atoms with E-state index < -0.39 is 0 Å². The molecule has 1 amide bonds. The lowest BCUT2D eigenvalue weighted by Gasteiger charge is -2.36. The van der Waals surface area contributed by atoms with Crippen molar-refractivity contribution in [3.8, 4) is 0 Å². The maximum Gasteiger partial charge on any atom is 0.270 e. The van der Waals surface area contributed by atoms with Crippen molar-refractivity contribution >= 4 is 22.5 Å². The summed E-state index contributed by atoms with van der Waals surface area (Å²) in [7, 11) is 3.49. The quantitative estimate of drug-likeness (QED) is 0.695. The number of carbonyl (C=O) groups is 1. The molecule has 1 saturated heterocycles. The lowest BCUT2D eigenvalue weighted by molar-refractivity contribution is 0.0737. The van der Waals surface area contributed by atoms with Crippen molar-refractivity contribution in [2.75, 3.05) is 31.1 Å². The molecule has 3 heterocycles. The third-order valence-electron chi connectivity index (χ3n) is 5.27. The number of benzene rings is 1. The second-order valence-corrected chi connectivity index (χ2v) is 6.85. The molecule has 1 aliphatic heterocycles. The Morgan fingerprint density at radius 1 is 1.04 bits per heavy atom. The number of rotatable bonds is 2. The maximum atomic E-state index is 14.0. The molecular weight excluding hydrogens is 347 g/mol. The first kappa shape index (κ1) is 17.3. The average molecular weight is 368 g/mol. The summed E-state index contributed by atoms with van der Waals surface area (Å²) in [6, 6.07) is 10.2. The number of halogens is 1. The van der Waals surface area contributed by atoms with Crippen LogP contribution in [0.3, 0.4) is 0 Å². The predicted molar refractivity (Wildman–Crippen MR) is 103 cm³/mol. The monoisotopic (exact) mass is 368 g/mol. The lowest BCUT2D eigenvalue weighted by atomic mass is 10.2. The Balaban J connectivity index is 1.56. The van der Waals surface area contributed by atoms with Crippen molar-refractivity contribution in [1.82, 2.24) is 14.0 Å². The Labute approximate surface area is 156 Å². The first-order valence-electron chi connectivity index (χ1n) is 8.91. The fourth-order valence-electron chi connectivity index (χ4n) is 3.66. The largest absolute Gasteiger partial charge is 0.366 e. The molecule has 140 valence electrons. The van der Waals surface area contributed by atoms with Crippen LogP contribution in [0.4, 0.5) is 10.1 Å². The predicted octanol–water partition coefficient (Wildman–Crippen LogP) is 1.98. The molecule has 0 unspecified atom stereocenters. The molecule has 27 heavy (non-hydrogen) atoms. The van der Waals surface area contributed by atoms with Crippen LogP contribution in [-0.4, -0.2) is 46.1 Å². The molecule has 6 nitrogen and oxygen atoms in total. The molecule has 2 aromatic heterocycles. The molecule has 0 saturated carbocycles. The number of pyridine rings is 1. The fourth-order valence-corrected chi connectivity index (χ4v) is 3.66. The summed E-state index contributed by atoms with van der Waals surface area (Å²) in [6.45, 7) is 2.15. The van der Waals surface area contributed by atoms with E-state index in [1.54, 1.807) is 48.0 Å². The van der Waals surface area contributed by atoms with Crippen molar-refractivity contribution in [3.63, 3.8) is 0 Å². The zero-order valence-electron chi connectivity index (χ0n) is 15.4. The zero-order valence-corrected chi connectivity index (χ0v) is 15.4. The van der Waals surface area contributed by atoms with E-state index in [0.717, 1.165) is 5.52 Å². The number of piperazine rings is 1. The van der Waals surface area contributed by atoms with Crippen LogP contribution in [0.15, 0.2) is 47.4 Å². The van der Waals surface area contributed by atoms with Crippen LogP contribution in [0.5, 0.6) is 0 Å². The van der Waals surface area contributed by atoms with E-state index in [-0.39, 0.29) is 17.3 Å². The molecule has 1 fully saturated rings. The van der Waals surface area contributed by atoms with E-state index in [1.165, 1.54) is 10.6 Å². The zero-order chi connectivity index (χ0) is 19.1. The summed E-state index contributed by atoms with van der Waals surface area (Å²) >= 11 is 0. The molecule has 3 aromatic rings. The summed E-state index contributed by atoms with van der Waals surface area (Å²) in [4.78, 5) is 29.0. The van der Waals surface area contributed by atoms with Gasteiger partial charge >= 0.3 is 0 Å². The second kappa shape index (κ2) is 6.57. The van der Waals surface area contributed by atoms with Crippen molar-refractivity contribution in [3.05, 3.63) is 64.5 Å². The molecule has 1 aromatic carbocycles. The van der Waals surface area contributed by atoms with Gasteiger partial charge in [-0.05, 0) is 24.3 Å². The summed E-state index contributed by atoms with van der Waals surface area (Å²) in [6.07, 6.45) is 1.70. The number of aryl methyl sites for hydroxylation is 2. The third-order valence-corrected chi connectivity index (χ3v) is 5.27. The summed E-state index contributed by atoms with van der Waals surface area (Å²) in [5.41, 5.74) is 1.68. The molecule has 4 rings (SSSR count). The van der Waals surface area contributed by atoms with E-state index in [1.807, 2.05) is 17.0 Å². The van der Waals surface area contributed by atoms with E-state index in [2.05, 4.69) is 0 Å². The van der Waals surface area contributed by atoms with Gasteiger partial charge < -0.3 is 18.9 Å². The molecule has 0 aliphatic carbocycles. The van der Waals surface area contributed by atoms with Crippen molar-refractivity contribution in [2.45, 2.75) is 0 Å². The van der Waals surface area contributed by atoms with E-state index in [9.17, 15) is 14.0 Å². The van der Waals surface area contributed by atoms with Crippen molar-refractivity contribution < 1.29 is 9.18 Å². The van der Waals surface area contributed by atoms with Gasteiger partial charge in [-0.15, -0.1) is 0 Å². The van der Waals surface area contributed by atoms with Crippen LogP contribution < -0.4 is 10.5 Å². The fraction of sp³-hybridized carbons (Fsp3) is 0.300. The van der Waals surface area contributed by atoms with E-state index in [4.69, 9.17) is 0 Å². The van der Waals surface area contributed by atoms with Crippen LogP contribution in [0.25, 0.3) is 10.9 Å². The highest BCUT2D eigenvalue weighted by molar-refractivity contribution is 5.98. The summed E-state index contributed by atoms with van der Waals surface area (Å²) in [5.74, 6) is -0.356. The molecule has 0 N–H and O–H groups in total. The van der Waals surface area contributed by atoms with Crippen molar-refractivity contribution in [2.24, 2.45) is 14.1 Å². The average Bonchev–Trinajstić information content (AvgIpc) is 3.02. The van der Waals surface area contributed by atoms with Crippen molar-refractivity contribution in [1.29, 1.82) is 0 Å². The van der Waals surface area contributed by atoms with Gasteiger partial charge in [-0.25, -0.2) is 4.39 Å². The summed E-state index contributed by atoms with van der Waals surface area (Å²) in [5, 5.41) is 0.538. The van der Waals surface area contributed by atoms with Gasteiger partial charge in [0.05, 0.1) is 16.6 Å². The van der Waals surface area contributed by atoms with Gasteiger partial charge in [0.25, 0.3) is 11.5 Å². The third kappa shape index (κ3) is 2.89.